The first kappa shape index (κ1) is 27.4. The molecule has 0 aliphatic carbocycles. The Hall–Kier alpha value is -3.59. The van der Waals surface area contributed by atoms with E-state index in [4.69, 9.17) is 19.3 Å². The second-order valence-electron chi connectivity index (χ2n) is 9.59. The lowest BCUT2D eigenvalue weighted by Gasteiger charge is -2.28. The van der Waals surface area contributed by atoms with Crippen molar-refractivity contribution in [1.29, 1.82) is 0 Å². The maximum atomic E-state index is 14.5. The van der Waals surface area contributed by atoms with Crippen LogP contribution in [0.4, 0.5) is 4.39 Å². The summed E-state index contributed by atoms with van der Waals surface area (Å²) in [6, 6.07) is 14.6. The lowest BCUT2D eigenvalue weighted by molar-refractivity contribution is -0.136. The molecule has 38 heavy (non-hydrogen) atoms. The highest BCUT2D eigenvalue weighted by Crippen LogP contribution is 2.39. The van der Waals surface area contributed by atoms with Gasteiger partial charge >= 0.3 is 5.97 Å². The van der Waals surface area contributed by atoms with E-state index in [1.807, 2.05) is 50.2 Å². The van der Waals surface area contributed by atoms with Crippen LogP contribution in [0.1, 0.15) is 41.2 Å². The molecule has 7 nitrogen and oxygen atoms in total. The monoisotopic (exact) mass is 542 g/mol. The molecule has 0 radical (unpaired) electrons. The Morgan fingerprint density at radius 2 is 1.84 bits per heavy atom. The van der Waals surface area contributed by atoms with Gasteiger partial charge in [0.1, 0.15) is 28.0 Å². The first-order chi connectivity index (χ1) is 18.0. The van der Waals surface area contributed by atoms with E-state index in [9.17, 15) is 17.6 Å². The van der Waals surface area contributed by atoms with Crippen LogP contribution in [0.15, 0.2) is 48.5 Å². The molecule has 0 amide bonds. The maximum absolute atomic E-state index is 14.5. The van der Waals surface area contributed by atoms with Gasteiger partial charge in [-0.3, -0.25) is 4.79 Å². The highest BCUT2D eigenvalue weighted by Gasteiger charge is 2.25. The van der Waals surface area contributed by atoms with Crippen LogP contribution in [-0.2, 0) is 21.1 Å². The molecule has 9 heteroatoms. The number of aliphatic carboxylic acids is 1. The minimum absolute atomic E-state index is 0.0759. The Morgan fingerprint density at radius 1 is 1.11 bits per heavy atom. The molecule has 3 aromatic rings. The van der Waals surface area contributed by atoms with Crippen molar-refractivity contribution in [1.82, 2.24) is 0 Å². The van der Waals surface area contributed by atoms with Gasteiger partial charge in [0.25, 0.3) is 0 Å². The molecule has 0 fully saturated rings. The zero-order valence-electron chi connectivity index (χ0n) is 21.6. The number of rotatable bonds is 10. The number of carbonyl (C=O) groups is 1. The van der Waals surface area contributed by atoms with E-state index in [2.05, 4.69) is 0 Å². The van der Waals surface area contributed by atoms with Crippen LogP contribution in [0, 0.1) is 19.7 Å². The second-order valence-corrected chi connectivity index (χ2v) is 11.9. The lowest BCUT2D eigenvalue weighted by atomic mass is 9.93. The molecule has 1 aliphatic rings. The van der Waals surface area contributed by atoms with Gasteiger partial charge in [-0.05, 0) is 84.3 Å². The molecule has 0 saturated carbocycles. The SMILES string of the molecule is Cc1cc(OCCCS(C)(=O)=O)cc(C)c1-c1cccc(C2COc3cc(CCC(=O)O)c(F)cc3O2)c1. The molecule has 0 aromatic heterocycles. The van der Waals surface area contributed by atoms with E-state index in [0.717, 1.165) is 27.8 Å². The number of fused-ring (bicyclic) bond motifs is 1. The van der Waals surface area contributed by atoms with Crippen molar-refractivity contribution in [2.75, 3.05) is 25.2 Å². The summed E-state index contributed by atoms with van der Waals surface area (Å²) in [5.74, 6) is -0.0414. The van der Waals surface area contributed by atoms with Crippen LogP contribution in [0.25, 0.3) is 11.1 Å². The molecular formula is C29H31FO7S. The van der Waals surface area contributed by atoms with Crippen molar-refractivity contribution in [2.45, 2.75) is 39.2 Å². The molecular weight excluding hydrogens is 511 g/mol. The molecule has 0 spiro atoms. The molecule has 4 rings (SSSR count). The van der Waals surface area contributed by atoms with Crippen LogP contribution < -0.4 is 14.2 Å². The summed E-state index contributed by atoms with van der Waals surface area (Å²) in [4.78, 5) is 10.8. The summed E-state index contributed by atoms with van der Waals surface area (Å²) < 4.78 is 54.9. The van der Waals surface area contributed by atoms with Crippen LogP contribution in [-0.4, -0.2) is 44.7 Å². The minimum Gasteiger partial charge on any atom is -0.494 e. The summed E-state index contributed by atoms with van der Waals surface area (Å²) in [6.07, 6.45) is 1.12. The van der Waals surface area contributed by atoms with Gasteiger partial charge in [0.05, 0.1) is 12.4 Å². The van der Waals surface area contributed by atoms with Crippen LogP contribution in [0.2, 0.25) is 0 Å². The van der Waals surface area contributed by atoms with E-state index in [-0.39, 0.29) is 36.5 Å². The fraction of sp³-hybridized carbons (Fsp3) is 0.345. The predicted molar refractivity (Wildman–Crippen MR) is 142 cm³/mol. The zero-order valence-corrected chi connectivity index (χ0v) is 22.4. The van der Waals surface area contributed by atoms with Gasteiger partial charge in [-0.25, -0.2) is 12.8 Å². The number of aryl methyl sites for hydroxylation is 3. The van der Waals surface area contributed by atoms with Crippen LogP contribution in [0.5, 0.6) is 17.2 Å². The summed E-state index contributed by atoms with van der Waals surface area (Å²) in [6.45, 7) is 4.56. The van der Waals surface area contributed by atoms with Crippen molar-refractivity contribution in [3.63, 3.8) is 0 Å². The van der Waals surface area contributed by atoms with Gasteiger partial charge in [-0.15, -0.1) is 0 Å². The smallest absolute Gasteiger partial charge is 0.303 e. The molecule has 1 atom stereocenters. The number of carboxylic acids is 1. The average Bonchev–Trinajstić information content (AvgIpc) is 2.84. The standard InChI is InChI=1S/C29H31FO7S/c1-18-12-23(35-10-5-11-38(3,33)34)13-19(2)29(18)22-7-4-6-21(14-22)27-17-36-25-15-20(8-9-28(31)32)24(30)16-26(25)37-27/h4,6-7,12-16,27H,5,8-11,17H2,1-3H3,(H,31,32). The third-order valence-electron chi connectivity index (χ3n) is 6.36. The van der Waals surface area contributed by atoms with Crippen molar-refractivity contribution < 1.29 is 36.9 Å². The fourth-order valence-electron chi connectivity index (χ4n) is 4.60. The van der Waals surface area contributed by atoms with Gasteiger partial charge in [-0.2, -0.15) is 0 Å². The highest BCUT2D eigenvalue weighted by molar-refractivity contribution is 7.90. The van der Waals surface area contributed by atoms with E-state index >= 15 is 0 Å². The van der Waals surface area contributed by atoms with Gasteiger partial charge in [0.2, 0.25) is 0 Å². The molecule has 1 N–H and O–H groups in total. The summed E-state index contributed by atoms with van der Waals surface area (Å²) in [5.41, 5.74) is 5.24. The van der Waals surface area contributed by atoms with E-state index in [1.54, 1.807) is 0 Å². The Morgan fingerprint density at radius 3 is 2.53 bits per heavy atom. The molecule has 1 heterocycles. The minimum atomic E-state index is -3.01. The summed E-state index contributed by atoms with van der Waals surface area (Å²) >= 11 is 0. The van der Waals surface area contributed by atoms with Gasteiger partial charge in [-0.1, -0.05) is 18.2 Å². The number of carboxylic acid groups (broad SMARTS) is 1. The fourth-order valence-corrected chi connectivity index (χ4v) is 5.24. The van der Waals surface area contributed by atoms with Gasteiger partial charge < -0.3 is 19.3 Å². The highest BCUT2D eigenvalue weighted by atomic mass is 32.2. The maximum Gasteiger partial charge on any atom is 0.303 e. The van der Waals surface area contributed by atoms with E-state index in [0.29, 0.717) is 24.5 Å². The van der Waals surface area contributed by atoms with Crippen LogP contribution >= 0.6 is 0 Å². The first-order valence-electron chi connectivity index (χ1n) is 12.4. The predicted octanol–water partition coefficient (Wildman–Crippen LogP) is 5.45. The van der Waals surface area contributed by atoms with E-state index in [1.165, 1.54) is 18.4 Å². The largest absolute Gasteiger partial charge is 0.494 e. The molecule has 202 valence electrons. The molecule has 0 saturated heterocycles. The van der Waals surface area contributed by atoms with Crippen molar-refractivity contribution in [3.05, 3.63) is 76.6 Å². The topological polar surface area (TPSA) is 99.1 Å². The first-order valence-corrected chi connectivity index (χ1v) is 14.4. The third kappa shape index (κ3) is 6.83. The normalized spacial score (nSPS) is 14.8. The molecule has 1 aliphatic heterocycles. The Bertz CT molecular complexity index is 1430. The van der Waals surface area contributed by atoms with Crippen molar-refractivity contribution in [3.8, 4) is 28.4 Å². The average molecular weight is 543 g/mol. The lowest BCUT2D eigenvalue weighted by Crippen LogP contribution is -2.22. The number of ether oxygens (including phenoxy) is 3. The number of benzene rings is 3. The number of hydrogen-bond acceptors (Lipinski definition) is 6. The van der Waals surface area contributed by atoms with Gasteiger partial charge in [0, 0.05) is 18.7 Å². The quantitative estimate of drug-likeness (QED) is 0.340. The Kier molecular flexibility index (Phi) is 8.26. The molecule has 1 unspecified atom stereocenters. The summed E-state index contributed by atoms with van der Waals surface area (Å²) in [5, 5.41) is 8.88. The Labute approximate surface area is 222 Å². The van der Waals surface area contributed by atoms with Crippen molar-refractivity contribution in [2.24, 2.45) is 0 Å². The van der Waals surface area contributed by atoms with Crippen molar-refractivity contribution >= 4 is 15.8 Å². The Balaban J connectivity index is 1.50. The second kappa shape index (κ2) is 11.4. The third-order valence-corrected chi connectivity index (χ3v) is 7.39. The number of sulfone groups is 1. The molecule has 0 bridgehead atoms. The number of halogens is 1. The zero-order chi connectivity index (χ0) is 27.4. The van der Waals surface area contributed by atoms with Crippen LogP contribution in [0.3, 0.4) is 0 Å². The van der Waals surface area contributed by atoms with Gasteiger partial charge in [0.15, 0.2) is 17.6 Å². The van der Waals surface area contributed by atoms with E-state index < -0.39 is 27.7 Å². The summed E-state index contributed by atoms with van der Waals surface area (Å²) in [7, 11) is -3.01. The molecule has 3 aromatic carbocycles. The number of hydrogen-bond donors (Lipinski definition) is 1.